The number of rotatable bonds is 5. The van der Waals surface area contributed by atoms with Crippen molar-refractivity contribution in [3.05, 3.63) is 32.5 Å². The highest BCUT2D eigenvalue weighted by Gasteiger charge is 2.31. The molecule has 1 saturated carbocycles. The van der Waals surface area contributed by atoms with E-state index in [0.717, 1.165) is 33.3 Å². The van der Waals surface area contributed by atoms with Gasteiger partial charge in [-0.05, 0) is 37.5 Å². The van der Waals surface area contributed by atoms with E-state index < -0.39 is 24.7 Å². The molecule has 11 heteroatoms. The Hall–Kier alpha value is -2.95. The summed E-state index contributed by atoms with van der Waals surface area (Å²) in [6, 6.07) is 3.48. The lowest BCUT2D eigenvalue weighted by atomic mass is 10.1. The molecule has 0 aliphatic heterocycles. The Bertz CT molecular complexity index is 1250. The molecule has 2 amide bonds. The van der Waals surface area contributed by atoms with Crippen LogP contribution in [-0.4, -0.2) is 46.4 Å². The van der Waals surface area contributed by atoms with E-state index in [4.69, 9.17) is 9.52 Å². The number of amides is 2. The molecule has 4 rings (SSSR count). The summed E-state index contributed by atoms with van der Waals surface area (Å²) in [5.41, 5.74) is 1.56. The van der Waals surface area contributed by atoms with Gasteiger partial charge in [-0.2, -0.15) is 4.98 Å². The lowest BCUT2D eigenvalue weighted by molar-refractivity contribution is -0.123. The van der Waals surface area contributed by atoms with Crippen molar-refractivity contribution in [3.63, 3.8) is 0 Å². The number of benzene rings is 1. The highest BCUT2D eigenvalue weighted by atomic mass is 79.9. The minimum absolute atomic E-state index is 0.0600. The molecule has 1 aliphatic rings. The average molecular weight is 481 g/mol. The summed E-state index contributed by atoms with van der Waals surface area (Å²) in [6.07, 6.45) is -1.80. The van der Waals surface area contributed by atoms with Crippen LogP contribution >= 0.6 is 15.9 Å². The molecule has 0 saturated heterocycles. The van der Waals surface area contributed by atoms with Crippen molar-refractivity contribution in [2.24, 2.45) is 0 Å². The van der Waals surface area contributed by atoms with E-state index in [2.05, 4.69) is 20.9 Å². The zero-order valence-electron chi connectivity index (χ0n) is 16.1. The van der Waals surface area contributed by atoms with Crippen molar-refractivity contribution in [1.29, 1.82) is 0 Å². The second-order valence-electron chi connectivity index (χ2n) is 7.20. The van der Waals surface area contributed by atoms with Gasteiger partial charge >= 0.3 is 12.1 Å². The van der Waals surface area contributed by atoms with Gasteiger partial charge in [-0.15, -0.1) is 0 Å². The molecule has 2 heterocycles. The third kappa shape index (κ3) is 3.32. The molecule has 1 aliphatic carbocycles. The van der Waals surface area contributed by atoms with Gasteiger partial charge in [0.05, 0.1) is 12.1 Å². The fraction of sp³-hybridized carbons (Fsp3) is 0.368. The van der Waals surface area contributed by atoms with Gasteiger partial charge in [0.15, 0.2) is 17.3 Å². The predicted molar refractivity (Wildman–Crippen MR) is 111 cm³/mol. The number of fused-ring (bicyclic) bond motifs is 3. The predicted octanol–water partition coefficient (Wildman–Crippen LogP) is 3.12. The van der Waals surface area contributed by atoms with Crippen molar-refractivity contribution in [3.8, 4) is 0 Å². The molecule has 1 fully saturated rings. The van der Waals surface area contributed by atoms with Crippen molar-refractivity contribution < 1.29 is 23.5 Å². The number of hydrogen-bond donors (Lipinski definition) is 2. The van der Waals surface area contributed by atoms with Gasteiger partial charge in [0.2, 0.25) is 0 Å². The number of carboxylic acid groups (broad SMARTS) is 1. The van der Waals surface area contributed by atoms with Crippen molar-refractivity contribution in [2.75, 3.05) is 18.5 Å². The molecule has 158 valence electrons. The first-order valence-electron chi connectivity index (χ1n) is 9.23. The number of anilines is 1. The van der Waals surface area contributed by atoms with Crippen LogP contribution in [0.4, 0.5) is 15.2 Å². The summed E-state index contributed by atoms with van der Waals surface area (Å²) in [5, 5.41) is 11.1. The molecule has 0 radical (unpaired) electrons. The fourth-order valence-electron chi connectivity index (χ4n) is 3.41. The second kappa shape index (κ2) is 7.38. The van der Waals surface area contributed by atoms with Crippen LogP contribution in [0.25, 0.3) is 22.0 Å². The van der Waals surface area contributed by atoms with Crippen molar-refractivity contribution in [2.45, 2.75) is 32.0 Å². The fourth-order valence-corrected chi connectivity index (χ4v) is 3.73. The maximum atomic E-state index is 14.1. The van der Waals surface area contributed by atoms with Gasteiger partial charge < -0.3 is 19.4 Å². The summed E-state index contributed by atoms with van der Waals surface area (Å²) < 4.78 is 22.4. The molecular weight excluding hydrogens is 463 g/mol. The molecule has 0 spiro atoms. The number of carbonyl (C=O) groups is 2. The molecule has 1 atom stereocenters. The summed E-state index contributed by atoms with van der Waals surface area (Å²) in [4.78, 5) is 41.0. The number of pyridine rings is 1. The Morgan fingerprint density at radius 3 is 2.80 bits per heavy atom. The van der Waals surface area contributed by atoms with Crippen molar-refractivity contribution in [1.82, 2.24) is 14.9 Å². The molecule has 2 aromatic heterocycles. The molecule has 1 unspecified atom stereocenters. The largest absolute Gasteiger partial charge is 0.465 e. The topological polar surface area (TPSA) is 118 Å². The van der Waals surface area contributed by atoms with Gasteiger partial charge in [0.1, 0.15) is 0 Å². The van der Waals surface area contributed by atoms with Crippen LogP contribution in [-0.2, 0) is 4.79 Å². The Balaban J connectivity index is 1.83. The summed E-state index contributed by atoms with van der Waals surface area (Å²) in [5.74, 6) is -1.04. The number of oxazole rings is 1. The van der Waals surface area contributed by atoms with Crippen LogP contribution in [0.2, 0.25) is 0 Å². The number of halogens is 2. The zero-order chi connectivity index (χ0) is 21.7. The van der Waals surface area contributed by atoms with E-state index in [1.165, 1.54) is 7.05 Å². The number of aryl methyl sites for hydroxylation is 1. The highest BCUT2D eigenvalue weighted by Crippen LogP contribution is 2.40. The van der Waals surface area contributed by atoms with Gasteiger partial charge in [-0.3, -0.25) is 14.5 Å². The molecular formula is C19H18BrFN4O5. The Morgan fingerprint density at radius 2 is 2.17 bits per heavy atom. The first-order chi connectivity index (χ1) is 14.2. The average Bonchev–Trinajstić information content (AvgIpc) is 3.44. The van der Waals surface area contributed by atoms with E-state index in [9.17, 15) is 18.8 Å². The number of hydrogen-bond acceptors (Lipinski definition) is 5. The highest BCUT2D eigenvalue weighted by molar-refractivity contribution is 9.10. The third-order valence-electron chi connectivity index (χ3n) is 5.12. The minimum atomic E-state index is -2.13. The SMILES string of the molecule is Cc1c(Br)ccc2c3oc(N(C)C(=O)C(F)CNC(=O)O)nc3c(=O)n(C3CC3)c12. The van der Waals surface area contributed by atoms with Crippen LogP contribution in [0, 0.1) is 6.92 Å². The van der Waals surface area contributed by atoms with E-state index in [1.54, 1.807) is 10.6 Å². The molecule has 30 heavy (non-hydrogen) atoms. The summed E-state index contributed by atoms with van der Waals surface area (Å²) in [7, 11) is 1.25. The first-order valence-corrected chi connectivity index (χ1v) is 10.0. The van der Waals surface area contributed by atoms with Crippen LogP contribution in [0.5, 0.6) is 0 Å². The van der Waals surface area contributed by atoms with Gasteiger partial charge in [0, 0.05) is 22.9 Å². The molecule has 0 bridgehead atoms. The van der Waals surface area contributed by atoms with Crippen molar-refractivity contribution >= 4 is 55.9 Å². The third-order valence-corrected chi connectivity index (χ3v) is 5.98. The maximum absolute atomic E-state index is 14.1. The number of nitrogens with zero attached hydrogens (tertiary/aromatic N) is 3. The first kappa shape index (κ1) is 20.3. The standard InChI is InChI=1S/C19H18BrFN4O5/c1-8-11(20)6-5-10-14(8)25(9-3-4-9)17(27)13-15(10)30-18(23-13)24(2)16(26)12(21)7-22-19(28)29/h5-6,9,12,22H,3-4,7H2,1-2H3,(H,28,29). The monoisotopic (exact) mass is 480 g/mol. The zero-order valence-corrected chi connectivity index (χ0v) is 17.7. The lowest BCUT2D eigenvalue weighted by Crippen LogP contribution is -2.41. The van der Waals surface area contributed by atoms with Gasteiger partial charge in [-0.25, -0.2) is 9.18 Å². The Kier molecular flexibility index (Phi) is 5.00. The minimum Gasteiger partial charge on any atom is -0.465 e. The lowest BCUT2D eigenvalue weighted by Gasteiger charge is -2.15. The van der Waals surface area contributed by atoms with E-state index in [1.807, 2.05) is 18.3 Å². The number of carbonyl (C=O) groups excluding carboxylic acids is 1. The van der Waals surface area contributed by atoms with Crippen LogP contribution in [0.3, 0.4) is 0 Å². The van der Waals surface area contributed by atoms with E-state index >= 15 is 0 Å². The van der Waals surface area contributed by atoms with Gasteiger partial charge in [0.25, 0.3) is 11.5 Å². The molecule has 2 N–H and O–H groups in total. The normalized spacial score (nSPS) is 14.8. The number of aromatic nitrogens is 2. The van der Waals surface area contributed by atoms with Crippen LogP contribution < -0.4 is 15.8 Å². The molecule has 3 aromatic rings. The molecule has 9 nitrogen and oxygen atoms in total. The quantitative estimate of drug-likeness (QED) is 0.579. The Labute approximate surface area is 177 Å². The van der Waals surface area contributed by atoms with E-state index in [0.29, 0.717) is 5.39 Å². The summed E-state index contributed by atoms with van der Waals surface area (Å²) in [6.45, 7) is 1.19. The number of alkyl halides is 1. The van der Waals surface area contributed by atoms with Gasteiger partial charge in [-0.1, -0.05) is 15.9 Å². The molecule has 1 aromatic carbocycles. The van der Waals surface area contributed by atoms with E-state index in [-0.39, 0.29) is 28.7 Å². The Morgan fingerprint density at radius 1 is 1.47 bits per heavy atom. The second-order valence-corrected chi connectivity index (χ2v) is 8.05. The smallest absolute Gasteiger partial charge is 0.404 e. The van der Waals surface area contributed by atoms with Crippen LogP contribution in [0.1, 0.15) is 24.4 Å². The number of nitrogens with one attached hydrogen (secondary N) is 1. The summed E-state index contributed by atoms with van der Waals surface area (Å²) >= 11 is 3.49. The van der Waals surface area contributed by atoms with Crippen LogP contribution in [0.15, 0.2) is 25.8 Å². The maximum Gasteiger partial charge on any atom is 0.404 e.